The highest BCUT2D eigenvalue weighted by Gasteiger charge is 2.35. The van der Waals surface area contributed by atoms with E-state index < -0.39 is 0 Å². The summed E-state index contributed by atoms with van der Waals surface area (Å²) in [6.07, 6.45) is 32.2. The SMILES string of the molecule is CCCCCCCCOC1=CCC2=C(C1)C1=NC3=NC(=NC4=NC(=NC5=NC(=NC2=N1)C1=C5CC=C(OCCCCCCCC)C1)C1=C4CC=C(OCCCCCCCC)C1)NN3. The topological polar surface area (TPSA) is 151 Å². The van der Waals surface area contributed by atoms with Crippen molar-refractivity contribution in [2.45, 2.75) is 175 Å². The first-order chi connectivity index (χ1) is 31.1. The molecule has 2 N–H and O–H groups in total. The average molecular weight is 857 g/mol. The molecule has 5 aliphatic heterocycles. The van der Waals surface area contributed by atoms with E-state index in [1.807, 2.05) is 0 Å². The zero-order valence-electron chi connectivity index (χ0n) is 38.1. The van der Waals surface area contributed by atoms with Crippen molar-refractivity contribution < 1.29 is 14.2 Å². The third kappa shape index (κ3) is 11.5. The van der Waals surface area contributed by atoms with Crippen molar-refractivity contribution in [3.63, 3.8) is 0 Å². The Bertz CT molecular complexity index is 2190. The van der Waals surface area contributed by atoms with Crippen LogP contribution in [0.5, 0.6) is 0 Å². The monoisotopic (exact) mass is 857 g/mol. The van der Waals surface area contributed by atoms with E-state index in [4.69, 9.17) is 54.1 Å². The number of allylic oxidation sites excluding steroid dienone is 6. The second-order valence-electron chi connectivity index (χ2n) is 17.6. The van der Waals surface area contributed by atoms with Crippen LogP contribution in [0.1, 0.15) is 175 Å². The van der Waals surface area contributed by atoms with Crippen LogP contribution in [-0.4, -0.2) is 66.8 Å². The number of unbranched alkanes of at least 4 members (excludes halogenated alkanes) is 15. The van der Waals surface area contributed by atoms with Gasteiger partial charge in [0.1, 0.15) is 0 Å². The van der Waals surface area contributed by atoms with Crippen LogP contribution in [0, 0.1) is 0 Å². The second kappa shape index (κ2) is 22.4. The molecule has 0 spiro atoms. The number of rotatable bonds is 24. The molecule has 0 aromatic carbocycles. The van der Waals surface area contributed by atoms with Gasteiger partial charge in [0.15, 0.2) is 35.0 Å². The molecule has 3 aliphatic carbocycles. The zero-order chi connectivity index (χ0) is 43.2. The van der Waals surface area contributed by atoms with Gasteiger partial charge in [-0.1, -0.05) is 117 Å². The quantitative estimate of drug-likeness (QED) is 0.0926. The number of guanidine groups is 2. The predicted molar refractivity (Wildman–Crippen MR) is 257 cm³/mol. The number of hydrogen-bond donors (Lipinski definition) is 2. The number of ether oxygens (including phenoxy) is 3. The van der Waals surface area contributed by atoms with E-state index in [1.54, 1.807) is 0 Å². The smallest absolute Gasteiger partial charge is 0.247 e. The molecular formula is C50H68N10O3. The molecule has 13 heteroatoms. The van der Waals surface area contributed by atoms with Crippen LogP contribution >= 0.6 is 0 Å². The van der Waals surface area contributed by atoms with Gasteiger partial charge < -0.3 is 14.2 Å². The number of hydrogen-bond acceptors (Lipinski definition) is 13. The van der Waals surface area contributed by atoms with Crippen molar-refractivity contribution in [3.8, 4) is 0 Å². The highest BCUT2D eigenvalue weighted by atomic mass is 16.5. The largest absolute Gasteiger partial charge is 0.498 e. The van der Waals surface area contributed by atoms with E-state index in [2.05, 4.69) is 49.9 Å². The van der Waals surface area contributed by atoms with Crippen LogP contribution in [0.2, 0.25) is 0 Å². The van der Waals surface area contributed by atoms with Crippen molar-refractivity contribution in [3.05, 3.63) is 68.9 Å². The van der Waals surface area contributed by atoms with Crippen LogP contribution < -0.4 is 10.9 Å². The van der Waals surface area contributed by atoms with Crippen LogP contribution in [-0.2, 0) is 14.2 Å². The molecule has 8 aliphatic rings. The third-order valence-electron chi connectivity index (χ3n) is 12.7. The van der Waals surface area contributed by atoms with E-state index in [-0.39, 0.29) is 0 Å². The van der Waals surface area contributed by atoms with Crippen LogP contribution in [0.4, 0.5) is 0 Å². The molecule has 0 aromatic rings. The maximum atomic E-state index is 6.42. The second-order valence-corrected chi connectivity index (χ2v) is 17.6. The lowest BCUT2D eigenvalue weighted by Crippen LogP contribution is -2.32. The van der Waals surface area contributed by atoms with E-state index >= 15 is 0 Å². The van der Waals surface area contributed by atoms with Crippen molar-refractivity contribution >= 4 is 46.9 Å². The first-order valence-electron chi connectivity index (χ1n) is 24.5. The predicted octanol–water partition coefficient (Wildman–Crippen LogP) is 11.3. The molecule has 63 heavy (non-hydrogen) atoms. The molecule has 0 unspecified atom stereocenters. The molecule has 8 bridgehead atoms. The summed E-state index contributed by atoms with van der Waals surface area (Å²) in [6, 6.07) is 0. The van der Waals surface area contributed by atoms with E-state index in [0.29, 0.717) is 105 Å². The molecular weight excluding hydrogens is 789 g/mol. The Morgan fingerprint density at radius 1 is 0.349 bits per heavy atom. The van der Waals surface area contributed by atoms with Gasteiger partial charge in [-0.15, -0.1) is 0 Å². The van der Waals surface area contributed by atoms with Gasteiger partial charge in [-0.2, -0.15) is 15.0 Å². The zero-order valence-corrected chi connectivity index (χ0v) is 38.1. The molecule has 13 nitrogen and oxygen atoms in total. The minimum atomic E-state index is 0.371. The maximum absolute atomic E-state index is 6.42. The maximum Gasteiger partial charge on any atom is 0.247 e. The van der Waals surface area contributed by atoms with E-state index in [1.165, 1.54) is 96.3 Å². The lowest BCUT2D eigenvalue weighted by Gasteiger charge is -2.18. The Labute approximate surface area is 374 Å². The van der Waals surface area contributed by atoms with Gasteiger partial charge in [-0.05, 0) is 56.8 Å². The van der Waals surface area contributed by atoms with Crippen LogP contribution in [0.3, 0.4) is 0 Å². The minimum Gasteiger partial charge on any atom is -0.498 e. The standard InChI is InChI=1S/C50H68N10O3/c1-4-7-10-13-16-19-28-61-34-22-25-37-40(31-34)46-51-43(37)52-47-41-32-35(62-29-20-17-14-11-8-5-2)24-27-39(41)45(55-47)56-49-58-50(60-59-49)57-48-42-33-36(23-26-38(42)44(53-46)54-48)63-30-21-18-15-12-9-6-3/h22-24H,4-21,25-33H2,1-3H3,(H2,51,52,53,54,55,56,57,58,59,60). The Balaban J connectivity index is 1.06. The summed E-state index contributed by atoms with van der Waals surface area (Å²) < 4.78 is 19.1. The molecule has 0 aromatic heterocycles. The highest BCUT2D eigenvalue weighted by molar-refractivity contribution is 6.32. The summed E-state index contributed by atoms with van der Waals surface area (Å²) in [4.78, 5) is 40.5. The summed E-state index contributed by atoms with van der Waals surface area (Å²) in [5.74, 6) is 7.23. The lowest BCUT2D eigenvalue weighted by atomic mass is 9.95. The number of fused-ring (bicyclic) bond motifs is 10. The Hall–Kier alpha value is -5.20. The van der Waals surface area contributed by atoms with E-state index in [0.717, 1.165) is 70.0 Å². The van der Waals surface area contributed by atoms with Crippen molar-refractivity contribution in [1.82, 2.24) is 10.9 Å². The summed E-state index contributed by atoms with van der Waals surface area (Å²) in [7, 11) is 0. The highest BCUT2D eigenvalue weighted by Crippen LogP contribution is 2.38. The average Bonchev–Trinajstić information content (AvgIpc) is 4.06. The molecule has 0 saturated heterocycles. The van der Waals surface area contributed by atoms with Gasteiger partial charge in [0, 0.05) is 52.7 Å². The Kier molecular flexibility index (Phi) is 15.8. The third-order valence-corrected chi connectivity index (χ3v) is 12.7. The van der Waals surface area contributed by atoms with Crippen molar-refractivity contribution in [2.75, 3.05) is 19.8 Å². The van der Waals surface area contributed by atoms with Gasteiger partial charge >= 0.3 is 0 Å². The first-order valence-corrected chi connectivity index (χ1v) is 24.5. The number of hydrazine groups is 1. The number of aliphatic imine (C=N–C) groups is 8. The summed E-state index contributed by atoms with van der Waals surface area (Å²) in [5, 5.41) is 0. The Morgan fingerprint density at radius 2 is 0.651 bits per heavy atom. The fourth-order valence-electron chi connectivity index (χ4n) is 9.02. The molecule has 0 amide bonds. The fourth-order valence-corrected chi connectivity index (χ4v) is 9.02. The normalized spacial score (nSPS) is 19.8. The Morgan fingerprint density at radius 3 is 1.03 bits per heavy atom. The molecule has 0 radical (unpaired) electrons. The van der Waals surface area contributed by atoms with Gasteiger partial charge in [-0.3, -0.25) is 10.9 Å². The molecule has 336 valence electrons. The molecule has 0 atom stereocenters. The number of amidine groups is 6. The molecule has 5 heterocycles. The van der Waals surface area contributed by atoms with Crippen LogP contribution in [0.25, 0.3) is 0 Å². The van der Waals surface area contributed by atoms with Crippen LogP contribution in [0.15, 0.2) is 109 Å². The van der Waals surface area contributed by atoms with Gasteiger partial charge in [-0.25, -0.2) is 25.0 Å². The van der Waals surface area contributed by atoms with Crippen molar-refractivity contribution in [1.29, 1.82) is 0 Å². The van der Waals surface area contributed by atoms with Gasteiger partial charge in [0.25, 0.3) is 0 Å². The summed E-state index contributed by atoms with van der Waals surface area (Å²) in [5.41, 5.74) is 12.4. The summed E-state index contributed by atoms with van der Waals surface area (Å²) in [6.45, 7) is 8.89. The van der Waals surface area contributed by atoms with Gasteiger partial charge in [0.05, 0.1) is 37.1 Å². The lowest BCUT2D eigenvalue weighted by molar-refractivity contribution is 0.198. The number of nitrogens with one attached hydrogen (secondary N) is 2. The fraction of sp³-hybridized carbons (Fsp3) is 0.600. The number of nitrogens with zero attached hydrogens (tertiary/aromatic N) is 8. The summed E-state index contributed by atoms with van der Waals surface area (Å²) >= 11 is 0. The first kappa shape index (κ1) is 44.4. The molecule has 8 rings (SSSR count). The molecule has 0 saturated carbocycles. The van der Waals surface area contributed by atoms with Crippen molar-refractivity contribution in [2.24, 2.45) is 39.9 Å². The van der Waals surface area contributed by atoms with E-state index in [9.17, 15) is 0 Å². The molecule has 0 fully saturated rings. The van der Waals surface area contributed by atoms with Gasteiger partial charge in [0.2, 0.25) is 11.9 Å². The minimum absolute atomic E-state index is 0.371.